The number of thioether (sulfide) groups is 1. The summed E-state index contributed by atoms with van der Waals surface area (Å²) in [7, 11) is -4.03. The molecule has 1 aliphatic heterocycles. The Bertz CT molecular complexity index is 2140. The average Bonchev–Trinajstić information content (AvgIpc) is 3.70. The van der Waals surface area contributed by atoms with Gasteiger partial charge in [0.05, 0.1) is 31.6 Å². The molecule has 1 saturated heterocycles. The number of carbonyl (C=O) groups excluding carboxylic acids is 1. The number of anilines is 1. The molecule has 5 aromatic rings. The van der Waals surface area contributed by atoms with Crippen molar-refractivity contribution in [2.45, 2.75) is 70.3 Å². The highest BCUT2D eigenvalue weighted by molar-refractivity contribution is 8.13. The normalized spacial score (nSPS) is 21.2. The first kappa shape index (κ1) is 42.4. The Morgan fingerprint density at radius 1 is 1.04 bits per heavy atom. The third kappa shape index (κ3) is 9.09. The van der Waals surface area contributed by atoms with Crippen LogP contribution in [0, 0.1) is 5.41 Å². The van der Waals surface area contributed by atoms with Gasteiger partial charge in [-0.25, -0.2) is 14.6 Å². The Kier molecular flexibility index (Phi) is 12.9. The Hall–Kier alpha value is -4.22. The Morgan fingerprint density at radius 2 is 1.60 bits per heavy atom. The van der Waals surface area contributed by atoms with E-state index in [1.807, 2.05) is 105 Å². The molecule has 6 rings (SSSR count). The summed E-state index contributed by atoms with van der Waals surface area (Å²) < 4.78 is 39.6. The van der Waals surface area contributed by atoms with Gasteiger partial charge in [-0.05, 0) is 51.3 Å². The predicted molar refractivity (Wildman–Crippen MR) is 217 cm³/mol. The van der Waals surface area contributed by atoms with Crippen LogP contribution >= 0.6 is 19.5 Å². The molecule has 0 radical (unpaired) electrons. The second-order valence-electron chi connectivity index (χ2n) is 15.0. The van der Waals surface area contributed by atoms with Gasteiger partial charge in [-0.2, -0.15) is 4.98 Å². The van der Waals surface area contributed by atoms with E-state index in [0.717, 1.165) is 28.5 Å². The molecule has 3 heterocycles. The van der Waals surface area contributed by atoms with Crippen LogP contribution in [0.2, 0.25) is 0 Å². The zero-order valence-electron chi connectivity index (χ0n) is 32.4. The summed E-state index contributed by atoms with van der Waals surface area (Å²) >= 11 is 1.03. The monoisotopic (exact) mass is 820 g/mol. The van der Waals surface area contributed by atoms with Crippen LogP contribution in [-0.4, -0.2) is 84.3 Å². The molecule has 2 aromatic heterocycles. The minimum absolute atomic E-state index is 0.0375. The minimum Gasteiger partial charge on any atom is -0.387 e. The molecule has 17 heteroatoms. The summed E-state index contributed by atoms with van der Waals surface area (Å²) in [5.74, 6) is -0.0167. The maximum absolute atomic E-state index is 13.9. The van der Waals surface area contributed by atoms with E-state index in [2.05, 4.69) is 20.0 Å². The van der Waals surface area contributed by atoms with Crippen molar-refractivity contribution >= 4 is 41.7 Å². The first-order chi connectivity index (χ1) is 27.1. The topological polar surface area (TPSA) is 213 Å². The van der Waals surface area contributed by atoms with E-state index in [-0.39, 0.29) is 47.2 Å². The lowest BCUT2D eigenvalue weighted by Gasteiger charge is -2.38. The van der Waals surface area contributed by atoms with Gasteiger partial charge in [-0.3, -0.25) is 28.2 Å². The Balaban J connectivity index is 1.09. The molecular weight excluding hydrogens is 772 g/mol. The number of nitrogen functional groups attached to an aromatic ring is 1. The van der Waals surface area contributed by atoms with Crippen molar-refractivity contribution in [3.63, 3.8) is 0 Å². The number of hydrogen-bond acceptors (Lipinski definition) is 13. The van der Waals surface area contributed by atoms with Crippen molar-refractivity contribution in [1.82, 2.24) is 24.6 Å². The van der Waals surface area contributed by atoms with Crippen LogP contribution in [-0.2, 0) is 33.5 Å². The molecule has 6 N–H and O–H groups in total. The van der Waals surface area contributed by atoms with E-state index < -0.39 is 55.0 Å². The third-order valence-corrected chi connectivity index (χ3v) is 12.6. The lowest BCUT2D eigenvalue weighted by molar-refractivity contribution is -0.124. The van der Waals surface area contributed by atoms with Gasteiger partial charge >= 0.3 is 7.75 Å². The fourth-order valence-corrected chi connectivity index (χ4v) is 9.15. The van der Waals surface area contributed by atoms with Crippen molar-refractivity contribution in [3.8, 4) is 0 Å². The van der Waals surface area contributed by atoms with E-state index in [0.29, 0.717) is 0 Å². The molecule has 0 spiro atoms. The molecule has 57 heavy (non-hydrogen) atoms. The van der Waals surface area contributed by atoms with Crippen LogP contribution in [0.3, 0.4) is 0 Å². The molecule has 1 aliphatic rings. The fraction of sp³-hybridized carbons (Fsp3) is 0.400. The van der Waals surface area contributed by atoms with Gasteiger partial charge in [0.25, 0.3) is 5.56 Å². The number of aromatic nitrogens is 4. The van der Waals surface area contributed by atoms with Gasteiger partial charge in [-0.1, -0.05) is 103 Å². The average molecular weight is 821 g/mol. The molecular formula is C40H49N6O9PS. The first-order valence-corrected chi connectivity index (χ1v) is 21.0. The van der Waals surface area contributed by atoms with Crippen LogP contribution in [0.5, 0.6) is 0 Å². The number of H-pyrrole nitrogens is 1. The van der Waals surface area contributed by atoms with Crippen LogP contribution in [0.4, 0.5) is 5.95 Å². The predicted octanol–water partition coefficient (Wildman–Crippen LogP) is 5.15. The van der Waals surface area contributed by atoms with Gasteiger partial charge in [0.2, 0.25) is 5.95 Å². The lowest BCUT2D eigenvalue weighted by atomic mass is 9.79. The van der Waals surface area contributed by atoms with Crippen LogP contribution in [0.15, 0.2) is 102 Å². The summed E-state index contributed by atoms with van der Waals surface area (Å²) in [5, 5.41) is 25.0. The van der Waals surface area contributed by atoms with Crippen molar-refractivity contribution in [2.75, 3.05) is 31.3 Å². The lowest BCUT2D eigenvalue weighted by Crippen LogP contribution is -2.44. The highest BCUT2D eigenvalue weighted by Gasteiger charge is 2.54. The number of aromatic amines is 1. The number of rotatable bonds is 17. The summed E-state index contributed by atoms with van der Waals surface area (Å²) in [4.78, 5) is 36.6. The molecule has 1 fully saturated rings. The highest BCUT2D eigenvalue weighted by Crippen LogP contribution is 2.47. The summed E-state index contributed by atoms with van der Waals surface area (Å²) in [6, 6.07) is 29.4. The zero-order valence-corrected chi connectivity index (χ0v) is 34.1. The summed E-state index contributed by atoms with van der Waals surface area (Å²) in [6.07, 6.45) is -2.71. The second-order valence-corrected chi connectivity index (χ2v) is 17.8. The largest absolute Gasteiger partial charge is 0.405 e. The third-order valence-electron chi connectivity index (χ3n) is 9.60. The van der Waals surface area contributed by atoms with Gasteiger partial charge < -0.3 is 25.4 Å². The summed E-state index contributed by atoms with van der Waals surface area (Å²) in [5.41, 5.74) is 4.06. The number of aliphatic hydroxyl groups excluding tert-OH is 1. The number of fused-ring (bicyclic) bond motifs is 1. The number of imidazole rings is 1. The second kappa shape index (κ2) is 17.3. The number of nitrogens with zero attached hydrogens (tertiary/aromatic N) is 3. The van der Waals surface area contributed by atoms with E-state index in [1.165, 1.54) is 17.8 Å². The van der Waals surface area contributed by atoms with Crippen molar-refractivity contribution in [2.24, 2.45) is 5.41 Å². The van der Waals surface area contributed by atoms with Crippen LogP contribution in [0.25, 0.3) is 11.2 Å². The van der Waals surface area contributed by atoms with Crippen LogP contribution in [0.1, 0.15) is 57.5 Å². The van der Waals surface area contributed by atoms with Gasteiger partial charge in [-0.15, -0.1) is 0 Å². The number of carbonyl (C=O) groups is 1. The Labute approximate surface area is 334 Å². The quantitative estimate of drug-likeness (QED) is 0.0467. The zero-order chi connectivity index (χ0) is 41.0. The standard InChI is InChI=1S/C40H49N6O9PS/c1-26(2)45-56(51,54-23-30-32(47)39(5,50)35(55-30)46-25-42-31-33(46)43-37(41)44-34(31)48)53-21-22-57-36(49)38(3,4)24-52-40(27-15-9-6-10-16-27,28-17-11-7-12-18-28)29-19-13-8-14-20-29/h6-20,25-26,30,32,35,47,50H,21-24H2,1-5H3,(H,45,51)(H3,41,43,44,48)/t30-,32-,35-,39-,56?/m1/s1. The molecule has 1 unspecified atom stereocenters. The van der Waals surface area contributed by atoms with Gasteiger partial charge in [0.15, 0.2) is 22.5 Å². The molecule has 0 amide bonds. The number of nitrogens with two attached hydrogens (primary N) is 1. The van der Waals surface area contributed by atoms with E-state index in [4.69, 9.17) is 24.3 Å². The van der Waals surface area contributed by atoms with E-state index >= 15 is 0 Å². The van der Waals surface area contributed by atoms with Crippen molar-refractivity contribution < 1.29 is 38.1 Å². The highest BCUT2D eigenvalue weighted by atomic mass is 32.2. The first-order valence-electron chi connectivity index (χ1n) is 18.5. The molecule has 0 aliphatic carbocycles. The molecule has 304 valence electrons. The number of hydrogen-bond donors (Lipinski definition) is 5. The number of benzene rings is 3. The minimum atomic E-state index is -4.03. The van der Waals surface area contributed by atoms with Crippen molar-refractivity contribution in [1.29, 1.82) is 0 Å². The molecule has 0 saturated carbocycles. The van der Waals surface area contributed by atoms with Crippen molar-refractivity contribution in [3.05, 3.63) is 124 Å². The maximum Gasteiger partial charge on any atom is 0.405 e. The SMILES string of the molecule is CC(C)NP(=O)(OCCSC(=O)C(C)(C)COC(c1ccccc1)(c1ccccc1)c1ccccc1)OC[C@H]1O[C@@H](n2cnc3c(=O)[nH]c(N)nc32)[C@](C)(O)[C@@H]1O. The van der Waals surface area contributed by atoms with Gasteiger partial charge in [0, 0.05) is 11.8 Å². The number of nitrogens with one attached hydrogen (secondary N) is 2. The summed E-state index contributed by atoms with van der Waals surface area (Å²) in [6.45, 7) is 8.03. The molecule has 5 atom stereocenters. The van der Waals surface area contributed by atoms with E-state index in [9.17, 15) is 24.4 Å². The Morgan fingerprint density at radius 3 is 2.14 bits per heavy atom. The molecule has 15 nitrogen and oxygen atoms in total. The smallest absolute Gasteiger partial charge is 0.387 e. The molecule has 3 aromatic carbocycles. The van der Waals surface area contributed by atoms with E-state index in [1.54, 1.807) is 13.8 Å². The fourth-order valence-electron chi connectivity index (χ4n) is 6.70. The van der Waals surface area contributed by atoms with Crippen LogP contribution < -0.4 is 16.4 Å². The maximum atomic E-state index is 13.9. The number of aliphatic hydroxyl groups is 2. The van der Waals surface area contributed by atoms with Gasteiger partial charge in [0.1, 0.15) is 23.4 Å². The molecule has 0 bridgehead atoms. The number of ether oxygens (including phenoxy) is 2.